The van der Waals surface area contributed by atoms with Crippen molar-refractivity contribution in [1.29, 1.82) is 0 Å². The molecule has 3 saturated heterocycles. The van der Waals surface area contributed by atoms with Crippen LogP contribution in [0.25, 0.3) is 0 Å². The Morgan fingerprint density at radius 3 is 0.933 bits per heavy atom. The van der Waals surface area contributed by atoms with Crippen LogP contribution in [0.5, 0.6) is 17.2 Å². The number of carboxylic acid groups (broad SMARTS) is 3. The van der Waals surface area contributed by atoms with Gasteiger partial charge in [-0.1, -0.05) is 0 Å². The maximum atomic E-state index is 13.1. The Kier molecular flexibility index (Phi) is 24.7. The number of carbonyl (C=O) groups is 12. The van der Waals surface area contributed by atoms with Gasteiger partial charge in [-0.2, -0.15) is 0 Å². The van der Waals surface area contributed by atoms with Crippen molar-refractivity contribution >= 4 is 107 Å². The fraction of sp³-hybridized carbons (Fsp3) is 0.429. The summed E-state index contributed by atoms with van der Waals surface area (Å²) in [6, 6.07) is 0.0386. The first-order chi connectivity index (χ1) is 34.1. The molecule has 27 nitrogen and oxygen atoms in total. The van der Waals surface area contributed by atoms with Gasteiger partial charge in [-0.3, -0.25) is 57.9 Å². The van der Waals surface area contributed by atoms with E-state index in [1.165, 1.54) is 18.2 Å². The van der Waals surface area contributed by atoms with Crippen LogP contribution in [0.3, 0.4) is 0 Å². The Morgan fingerprint density at radius 1 is 0.480 bits per heavy atom. The first kappa shape index (κ1) is 65.0. The van der Waals surface area contributed by atoms with Crippen molar-refractivity contribution < 1.29 is 255 Å². The van der Waals surface area contributed by atoms with Gasteiger partial charge in [0, 0.05) is 72.9 Å². The molecule has 75 heavy (non-hydrogen) atoms. The molecular formula is C42H39K3N6O21S3. The number of aliphatic carboxylic acids is 3. The van der Waals surface area contributed by atoms with Crippen molar-refractivity contribution in [3.8, 4) is 17.2 Å². The maximum absolute atomic E-state index is 13.1. The molecule has 7 rings (SSSR count). The minimum atomic E-state index is -1.69. The van der Waals surface area contributed by atoms with Gasteiger partial charge < -0.3 is 74.1 Å². The summed E-state index contributed by atoms with van der Waals surface area (Å²) in [6.45, 7) is -0.100. The number of rotatable bonds is 21. The summed E-state index contributed by atoms with van der Waals surface area (Å²) in [6.07, 6.45) is 0. The first-order valence-electron chi connectivity index (χ1n) is 21.1. The van der Waals surface area contributed by atoms with Crippen molar-refractivity contribution in [2.75, 3.05) is 56.9 Å². The summed E-state index contributed by atoms with van der Waals surface area (Å²) >= 11 is 3.29. The van der Waals surface area contributed by atoms with Crippen LogP contribution in [-0.4, -0.2) is 177 Å². The van der Waals surface area contributed by atoms with E-state index in [2.05, 4.69) is 16.0 Å². The monoisotopic (exact) mass is 1180 g/mol. The molecule has 3 N–H and O–H groups in total. The zero-order valence-electron chi connectivity index (χ0n) is 40.7. The average Bonchev–Trinajstić information content (AvgIpc) is 3.33. The molecule has 0 spiro atoms. The summed E-state index contributed by atoms with van der Waals surface area (Å²) in [7, 11) is 0. The van der Waals surface area contributed by atoms with Gasteiger partial charge in [0.1, 0.15) is 71.3 Å². The second kappa shape index (κ2) is 28.5. The molecule has 6 aliphatic heterocycles. The van der Waals surface area contributed by atoms with E-state index in [9.17, 15) is 72.9 Å². The van der Waals surface area contributed by atoms with Crippen LogP contribution in [0.4, 0.5) is 0 Å². The van der Waals surface area contributed by atoms with E-state index in [1.54, 1.807) is 0 Å². The van der Waals surface area contributed by atoms with Crippen LogP contribution in [-0.2, 0) is 71.7 Å². The molecule has 3 fully saturated rings. The van der Waals surface area contributed by atoms with Crippen molar-refractivity contribution in [1.82, 2.24) is 30.7 Å². The molecule has 0 aromatic heterocycles. The van der Waals surface area contributed by atoms with E-state index in [-0.39, 0.29) is 205 Å². The van der Waals surface area contributed by atoms with Crippen LogP contribution in [0.1, 0.15) is 20.8 Å². The summed E-state index contributed by atoms with van der Waals surface area (Å²) < 4.78 is 31.7. The molecular weight excluding hydrogens is 1140 g/mol. The van der Waals surface area contributed by atoms with E-state index in [0.717, 1.165) is 70.8 Å². The number of carboxylic acids is 3. The first-order valence-corrected chi connectivity index (χ1v) is 24.3. The molecule has 6 amide bonds. The van der Waals surface area contributed by atoms with Crippen molar-refractivity contribution in [2.45, 2.75) is 55.0 Å². The molecule has 33 heteroatoms. The van der Waals surface area contributed by atoms with Gasteiger partial charge in [0.25, 0.3) is 35.4 Å². The molecule has 6 atom stereocenters. The largest absolute Gasteiger partial charge is 1.00 e. The van der Waals surface area contributed by atoms with Gasteiger partial charge in [0.2, 0.25) is 0 Å². The molecule has 6 aliphatic rings. The van der Waals surface area contributed by atoms with E-state index in [1.807, 2.05) is 0 Å². The molecule has 1 aromatic rings. The summed E-state index contributed by atoms with van der Waals surface area (Å²) in [5, 5.41) is 40.8. The van der Waals surface area contributed by atoms with E-state index in [4.69, 9.17) is 28.4 Å². The van der Waals surface area contributed by atoms with E-state index in [0.29, 0.717) is 0 Å². The van der Waals surface area contributed by atoms with Crippen molar-refractivity contribution in [3.63, 3.8) is 0 Å². The van der Waals surface area contributed by atoms with Crippen molar-refractivity contribution in [3.05, 3.63) is 52.0 Å². The number of ether oxygens (including phenoxy) is 6. The number of thioether (sulfide) groups is 3. The summed E-state index contributed by atoms with van der Waals surface area (Å²) in [5.74, 6) is -12.4. The van der Waals surface area contributed by atoms with Gasteiger partial charge in [0.15, 0.2) is 19.8 Å². The summed E-state index contributed by atoms with van der Waals surface area (Å²) in [5.41, 5.74) is -1.09. The maximum Gasteiger partial charge on any atom is 1.00 e. The summed E-state index contributed by atoms with van der Waals surface area (Å²) in [4.78, 5) is 151. The SMILES string of the molecule is CC(=O)OCC1=C(C(=O)[O-])N2C(=O)[C@@H](NC(=O)COc3cc(OCC(=O)N[C@@H]4C(=O)N5C(C(=O)[O-])=C(COC(C)=O)CS[C@H]45)cc(OCC(=O)N[C@@H]4C(=O)N5C(C(=O)[O-])=C(COC(C)=O)CS[C@H]45)c3)[C@H]2SC1.[K+].[K+].[K+]. The Labute approximate surface area is 565 Å². The standard InChI is InChI=1S/C42H42N6O21S3.3K/c1-16(49)64-7-19-13-70-37-28(34(55)46(37)31(19)40(58)59)43-25(52)10-67-22-4-23(68-11-26(53)44-29-35(56)47-32(41(60)61)20(8-65-17(2)50)14-71-38(29)47)6-24(5-22)69-12-27(54)45-30-36(57)48-33(42(62)63)21(9-66-18(3)51)15-72-39(30)48;;;/h4-6,28-30,37-39H,7-15H2,1-3H3,(H,43,52)(H,44,53)(H,45,54)(H,58,59)(H,60,61)(H,62,63);;;/q;3*+1/p-3/t28-,29-,30-,37-,38-,39-;;;/m1.../s1. The fourth-order valence-corrected chi connectivity index (χ4v) is 11.8. The number of carbonyl (C=O) groups excluding carboxylic acids is 12. The number of nitrogens with one attached hydrogen (secondary N) is 3. The van der Waals surface area contributed by atoms with Gasteiger partial charge >= 0.3 is 172 Å². The van der Waals surface area contributed by atoms with Crippen molar-refractivity contribution in [2.24, 2.45) is 0 Å². The van der Waals surface area contributed by atoms with Gasteiger partial charge in [0.05, 0.1) is 35.0 Å². The van der Waals surface area contributed by atoms with Gasteiger partial charge in [-0.05, 0) is 0 Å². The minimum Gasteiger partial charge on any atom is -0.543 e. The average molecular weight is 1180 g/mol. The minimum absolute atomic E-state index is 0. The van der Waals surface area contributed by atoms with Crippen LogP contribution in [0.15, 0.2) is 52.0 Å². The Hall–Kier alpha value is -2.56. The van der Waals surface area contributed by atoms with Crippen LogP contribution in [0, 0.1) is 0 Å². The number of β-lactam (4-membered cyclic amide) rings is 3. The Morgan fingerprint density at radius 2 is 0.720 bits per heavy atom. The van der Waals surface area contributed by atoms with Gasteiger partial charge in [-0.15, -0.1) is 35.3 Å². The van der Waals surface area contributed by atoms with E-state index < -0.39 is 162 Å². The number of fused-ring (bicyclic) bond motifs is 3. The van der Waals surface area contributed by atoms with Crippen LogP contribution in [0.2, 0.25) is 0 Å². The van der Waals surface area contributed by atoms with Crippen LogP contribution >= 0.6 is 35.3 Å². The zero-order chi connectivity index (χ0) is 52.3. The number of benzene rings is 1. The number of nitrogens with zero attached hydrogens (tertiary/aromatic N) is 3. The smallest absolute Gasteiger partial charge is 0.543 e. The Balaban J connectivity index is 0.00000406. The topological polar surface area (TPSA) is 375 Å². The number of esters is 3. The predicted molar refractivity (Wildman–Crippen MR) is 234 cm³/mol. The van der Waals surface area contributed by atoms with Gasteiger partial charge in [-0.25, -0.2) is 0 Å². The zero-order valence-corrected chi connectivity index (χ0v) is 52.5. The fourth-order valence-electron chi connectivity index (χ4n) is 7.80. The molecule has 384 valence electrons. The molecule has 0 radical (unpaired) electrons. The third-order valence-corrected chi connectivity index (χ3v) is 15.0. The Bertz CT molecular complexity index is 2400. The second-order valence-corrected chi connectivity index (χ2v) is 19.2. The van der Waals surface area contributed by atoms with E-state index >= 15 is 0 Å². The molecule has 0 aliphatic carbocycles. The third-order valence-electron chi connectivity index (χ3n) is 11.0. The molecule has 0 bridgehead atoms. The molecule has 0 saturated carbocycles. The number of hydrogen-bond acceptors (Lipinski definition) is 24. The normalized spacial score (nSPS) is 22.0. The number of amides is 6. The molecule has 6 heterocycles. The predicted octanol–water partition coefficient (Wildman–Crippen LogP) is -15.3. The van der Waals surface area contributed by atoms with Crippen LogP contribution < -0.4 is 200 Å². The second-order valence-electron chi connectivity index (χ2n) is 15.9. The molecule has 0 unspecified atom stereocenters. The molecule has 1 aromatic carbocycles. The number of hydrogen-bond donors (Lipinski definition) is 3. The third kappa shape index (κ3) is 15.2. The quantitative estimate of drug-likeness (QED) is 0.0445.